The molecule has 0 aromatic rings. The molecule has 1 radical (unpaired) electrons. The van der Waals surface area contributed by atoms with Crippen molar-refractivity contribution < 1.29 is 0 Å². The van der Waals surface area contributed by atoms with Gasteiger partial charge in [0.1, 0.15) is 0 Å². The topological polar surface area (TPSA) is 0 Å². The minimum atomic E-state index is 0.914. The molecule has 0 saturated carbocycles. The summed E-state index contributed by atoms with van der Waals surface area (Å²) < 4.78 is 0. The molecular weight excluding hydrogens is 204 g/mol. The Balaban J connectivity index is 3.25. The summed E-state index contributed by atoms with van der Waals surface area (Å²) in [5.41, 5.74) is 0. The lowest BCUT2D eigenvalue weighted by Gasteiger charge is -2.14. The maximum atomic E-state index is 4.10. The van der Waals surface area contributed by atoms with Crippen molar-refractivity contribution in [3.8, 4) is 0 Å². The molecule has 0 aromatic heterocycles. The van der Waals surface area contributed by atoms with Gasteiger partial charge >= 0.3 is 0 Å². The van der Waals surface area contributed by atoms with E-state index in [0.29, 0.717) is 0 Å². The Labute approximate surface area is 111 Å². The molecule has 0 rings (SSSR count). The molecular formula is C17H35. The minimum absolute atomic E-state index is 0.914. The number of unbranched alkanes of at least 4 members (excludes halogenated alkanes) is 8. The van der Waals surface area contributed by atoms with Crippen LogP contribution in [0, 0.1) is 12.8 Å². The van der Waals surface area contributed by atoms with Gasteiger partial charge in [0.2, 0.25) is 0 Å². The molecule has 0 spiro atoms. The Hall–Kier alpha value is 0. The van der Waals surface area contributed by atoms with Gasteiger partial charge in [-0.2, -0.15) is 0 Å². The monoisotopic (exact) mass is 239 g/mol. The van der Waals surface area contributed by atoms with Gasteiger partial charge in [0.15, 0.2) is 0 Å². The first kappa shape index (κ1) is 17.0. The van der Waals surface area contributed by atoms with Crippen LogP contribution in [0.3, 0.4) is 0 Å². The summed E-state index contributed by atoms with van der Waals surface area (Å²) in [4.78, 5) is 0. The van der Waals surface area contributed by atoms with Crippen LogP contribution in [0.4, 0.5) is 0 Å². The summed E-state index contributed by atoms with van der Waals surface area (Å²) >= 11 is 0. The molecule has 1 atom stereocenters. The molecule has 0 heteroatoms. The van der Waals surface area contributed by atoms with Gasteiger partial charge < -0.3 is 0 Å². The smallest absolute Gasteiger partial charge is 0.0414 e. The van der Waals surface area contributed by atoms with Gasteiger partial charge in [0, 0.05) is 0 Å². The Kier molecular flexibility index (Phi) is 14.1. The summed E-state index contributed by atoms with van der Waals surface area (Å²) in [7, 11) is 0. The molecule has 0 N–H and O–H groups in total. The zero-order valence-electron chi connectivity index (χ0n) is 12.5. The Bertz CT molecular complexity index is 128. The van der Waals surface area contributed by atoms with E-state index < -0.39 is 0 Å². The normalized spacial score (nSPS) is 12.9. The molecule has 17 heavy (non-hydrogen) atoms. The van der Waals surface area contributed by atoms with E-state index in [1.807, 2.05) is 0 Å². The van der Waals surface area contributed by atoms with Crippen LogP contribution in [-0.2, 0) is 0 Å². The van der Waals surface area contributed by atoms with Crippen LogP contribution in [0.5, 0.6) is 0 Å². The lowest BCUT2D eigenvalue weighted by molar-refractivity contribution is 0.408. The molecule has 0 aliphatic rings. The van der Waals surface area contributed by atoms with Crippen molar-refractivity contribution in [1.29, 1.82) is 0 Å². The van der Waals surface area contributed by atoms with Crippen molar-refractivity contribution in [1.82, 2.24) is 0 Å². The maximum Gasteiger partial charge on any atom is -0.0414 e. The van der Waals surface area contributed by atoms with Crippen molar-refractivity contribution in [3.05, 3.63) is 6.92 Å². The van der Waals surface area contributed by atoms with Gasteiger partial charge in [0.05, 0.1) is 0 Å². The molecule has 0 bridgehead atoms. The Morgan fingerprint density at radius 2 is 1.06 bits per heavy atom. The first-order chi connectivity index (χ1) is 8.35. The fourth-order valence-corrected chi connectivity index (χ4v) is 2.51. The van der Waals surface area contributed by atoms with Crippen LogP contribution in [0.1, 0.15) is 97.3 Å². The molecule has 103 valence electrons. The van der Waals surface area contributed by atoms with E-state index in [1.54, 1.807) is 0 Å². The second-order valence-corrected chi connectivity index (χ2v) is 5.56. The van der Waals surface area contributed by atoms with E-state index >= 15 is 0 Å². The fraction of sp³-hybridized carbons (Fsp3) is 0.941. The predicted octanol–water partition coefficient (Wildman–Crippen LogP) is 6.55. The standard InChI is InChI=1S/C17H35/c1-4-7-9-10-11-12-14-16-17(6-3)15-13-8-5-2/h17H,3-16H2,1-2H3. The average molecular weight is 239 g/mol. The van der Waals surface area contributed by atoms with E-state index in [9.17, 15) is 0 Å². The van der Waals surface area contributed by atoms with Crippen LogP contribution in [0.15, 0.2) is 0 Å². The van der Waals surface area contributed by atoms with Gasteiger partial charge in [-0.15, -0.1) is 0 Å². The largest absolute Gasteiger partial charge is 0.0654 e. The van der Waals surface area contributed by atoms with Crippen molar-refractivity contribution >= 4 is 0 Å². The molecule has 0 fully saturated rings. The zero-order valence-corrected chi connectivity index (χ0v) is 12.5. The molecule has 0 amide bonds. The molecule has 0 aliphatic heterocycles. The Morgan fingerprint density at radius 1 is 0.647 bits per heavy atom. The summed E-state index contributed by atoms with van der Waals surface area (Å²) in [5.74, 6) is 0.914. The van der Waals surface area contributed by atoms with E-state index in [-0.39, 0.29) is 0 Å². The maximum absolute atomic E-state index is 4.10. The van der Waals surface area contributed by atoms with Crippen molar-refractivity contribution in [2.45, 2.75) is 97.3 Å². The van der Waals surface area contributed by atoms with Crippen LogP contribution >= 0.6 is 0 Å². The first-order valence-electron chi connectivity index (χ1n) is 8.14. The fourth-order valence-electron chi connectivity index (χ4n) is 2.51. The summed E-state index contributed by atoms with van der Waals surface area (Å²) in [6.07, 6.45) is 18.2. The second kappa shape index (κ2) is 14.1. The van der Waals surface area contributed by atoms with Crippen LogP contribution in [0.2, 0.25) is 0 Å². The van der Waals surface area contributed by atoms with Gasteiger partial charge in [-0.05, 0) is 5.92 Å². The van der Waals surface area contributed by atoms with Crippen LogP contribution < -0.4 is 0 Å². The van der Waals surface area contributed by atoms with Crippen LogP contribution in [0.25, 0.3) is 0 Å². The molecule has 1 unspecified atom stereocenters. The summed E-state index contributed by atoms with van der Waals surface area (Å²) in [6, 6.07) is 0. The third-order valence-corrected chi connectivity index (χ3v) is 3.84. The van der Waals surface area contributed by atoms with Crippen molar-refractivity contribution in [2.75, 3.05) is 0 Å². The van der Waals surface area contributed by atoms with Crippen molar-refractivity contribution in [2.24, 2.45) is 5.92 Å². The lowest BCUT2D eigenvalue weighted by Crippen LogP contribution is -1.99. The van der Waals surface area contributed by atoms with Crippen LogP contribution in [-0.4, -0.2) is 0 Å². The third-order valence-electron chi connectivity index (χ3n) is 3.84. The number of hydrogen-bond donors (Lipinski definition) is 0. The quantitative estimate of drug-likeness (QED) is 0.320. The molecule has 0 heterocycles. The SMILES string of the molecule is [CH2]CC(CCCCC)CCCCCCCCC. The first-order valence-corrected chi connectivity index (χ1v) is 8.14. The lowest BCUT2D eigenvalue weighted by atomic mass is 9.92. The second-order valence-electron chi connectivity index (χ2n) is 5.56. The minimum Gasteiger partial charge on any atom is -0.0654 e. The van der Waals surface area contributed by atoms with E-state index in [2.05, 4.69) is 20.8 Å². The third kappa shape index (κ3) is 12.2. The highest BCUT2D eigenvalue weighted by atomic mass is 14.1. The zero-order chi connectivity index (χ0) is 12.8. The number of hydrogen-bond acceptors (Lipinski definition) is 0. The molecule has 0 nitrogen and oxygen atoms in total. The highest BCUT2D eigenvalue weighted by molar-refractivity contribution is 4.61. The van der Waals surface area contributed by atoms with Crippen molar-refractivity contribution in [3.63, 3.8) is 0 Å². The van der Waals surface area contributed by atoms with E-state index in [4.69, 9.17) is 0 Å². The highest BCUT2D eigenvalue weighted by Gasteiger charge is 2.05. The van der Waals surface area contributed by atoms with Gasteiger partial charge in [-0.3, -0.25) is 0 Å². The highest BCUT2D eigenvalue weighted by Crippen LogP contribution is 2.20. The van der Waals surface area contributed by atoms with E-state index in [0.717, 1.165) is 12.3 Å². The molecule has 0 aliphatic carbocycles. The Morgan fingerprint density at radius 3 is 1.59 bits per heavy atom. The number of rotatable bonds is 13. The summed E-state index contributed by atoms with van der Waals surface area (Å²) in [5, 5.41) is 0. The molecule has 0 saturated heterocycles. The van der Waals surface area contributed by atoms with E-state index in [1.165, 1.54) is 77.0 Å². The van der Waals surface area contributed by atoms with Gasteiger partial charge in [0.25, 0.3) is 0 Å². The van der Waals surface area contributed by atoms with Gasteiger partial charge in [-0.1, -0.05) is 104 Å². The summed E-state index contributed by atoms with van der Waals surface area (Å²) in [6.45, 7) is 8.68. The average Bonchev–Trinajstić information content (AvgIpc) is 2.35. The predicted molar refractivity (Wildman–Crippen MR) is 80.2 cm³/mol. The van der Waals surface area contributed by atoms with Gasteiger partial charge in [-0.25, -0.2) is 0 Å². The molecule has 0 aromatic carbocycles.